The van der Waals surface area contributed by atoms with Crippen LogP contribution in [0.4, 0.5) is 11.5 Å². The molecule has 2 aromatic heterocycles. The monoisotopic (exact) mass is 390 g/mol. The van der Waals surface area contributed by atoms with E-state index in [9.17, 15) is 4.79 Å². The third-order valence-electron chi connectivity index (χ3n) is 4.56. The van der Waals surface area contributed by atoms with Gasteiger partial charge in [0.25, 0.3) is 0 Å². The van der Waals surface area contributed by atoms with Crippen LogP contribution < -0.4 is 10.2 Å². The third-order valence-corrected chi connectivity index (χ3v) is 5.29. The number of benzene rings is 1. The largest absolute Gasteiger partial charge is 0.355 e. The molecule has 0 bridgehead atoms. The molecule has 9 heteroatoms. The second-order valence-corrected chi connectivity index (χ2v) is 6.99. The van der Waals surface area contributed by atoms with Gasteiger partial charge in [0.05, 0.1) is 16.4 Å². The van der Waals surface area contributed by atoms with Gasteiger partial charge in [-0.25, -0.2) is 15.0 Å². The van der Waals surface area contributed by atoms with Gasteiger partial charge in [-0.05, 0) is 31.0 Å². The molecular weight excluding hydrogens is 375 g/mol. The van der Waals surface area contributed by atoms with E-state index in [1.807, 2.05) is 0 Å². The van der Waals surface area contributed by atoms with E-state index in [0.29, 0.717) is 21.4 Å². The number of carbonyl (C=O) groups excluding carboxylic acids is 1. The zero-order valence-electron chi connectivity index (χ0n) is 13.7. The minimum absolute atomic E-state index is 0.00239. The van der Waals surface area contributed by atoms with Crippen molar-refractivity contribution in [2.24, 2.45) is 5.92 Å². The molecule has 0 spiro atoms. The predicted octanol–water partition coefficient (Wildman–Crippen LogP) is 3.51. The average Bonchev–Trinajstić information content (AvgIpc) is 3.14. The molecule has 1 saturated heterocycles. The summed E-state index contributed by atoms with van der Waals surface area (Å²) >= 11 is 11.9. The highest BCUT2D eigenvalue weighted by atomic mass is 35.5. The quantitative estimate of drug-likeness (QED) is 0.714. The number of piperidine rings is 1. The predicted molar refractivity (Wildman–Crippen MR) is 102 cm³/mol. The van der Waals surface area contributed by atoms with Gasteiger partial charge >= 0.3 is 0 Å². The molecule has 0 aliphatic carbocycles. The van der Waals surface area contributed by atoms with E-state index < -0.39 is 0 Å². The van der Waals surface area contributed by atoms with Crippen LogP contribution in [-0.2, 0) is 4.79 Å². The zero-order chi connectivity index (χ0) is 18.1. The normalized spacial score (nSPS) is 15.4. The second kappa shape index (κ2) is 7.09. The molecule has 1 aliphatic heterocycles. The molecule has 1 aliphatic rings. The molecule has 0 unspecified atom stereocenters. The van der Waals surface area contributed by atoms with Crippen LogP contribution in [0.2, 0.25) is 10.0 Å². The van der Waals surface area contributed by atoms with E-state index in [4.69, 9.17) is 23.2 Å². The minimum Gasteiger partial charge on any atom is -0.355 e. The van der Waals surface area contributed by atoms with Crippen LogP contribution in [-0.4, -0.2) is 38.9 Å². The molecule has 7 nitrogen and oxygen atoms in total. The van der Waals surface area contributed by atoms with Crippen molar-refractivity contribution in [3.05, 3.63) is 40.9 Å². The van der Waals surface area contributed by atoms with Gasteiger partial charge in [-0.2, -0.15) is 0 Å². The van der Waals surface area contributed by atoms with E-state index in [-0.39, 0.29) is 11.8 Å². The first-order chi connectivity index (χ1) is 12.6. The van der Waals surface area contributed by atoms with Crippen molar-refractivity contribution in [2.45, 2.75) is 12.8 Å². The van der Waals surface area contributed by atoms with Crippen molar-refractivity contribution in [3.63, 3.8) is 0 Å². The van der Waals surface area contributed by atoms with Gasteiger partial charge in [0.2, 0.25) is 5.91 Å². The van der Waals surface area contributed by atoms with Gasteiger partial charge in [-0.1, -0.05) is 23.2 Å². The Hall–Kier alpha value is -2.38. The molecule has 3 aromatic rings. The van der Waals surface area contributed by atoms with E-state index >= 15 is 0 Å². The highest BCUT2D eigenvalue weighted by Crippen LogP contribution is 2.28. The lowest BCUT2D eigenvalue weighted by molar-refractivity contribution is -0.120. The molecule has 134 valence electrons. The lowest BCUT2D eigenvalue weighted by Crippen LogP contribution is -2.38. The molecule has 1 amide bonds. The number of anilines is 2. The van der Waals surface area contributed by atoms with Crippen molar-refractivity contribution >= 4 is 51.8 Å². The standard InChI is InChI=1S/C17H16Cl2N6O/c18-12-2-1-11(7-13(12)19)24-17(26)10-3-5-25(6-4-10)16-14-15(21-8-20-14)22-9-23-16/h1-2,7-10H,3-6H2,(H,24,26)(H,20,21,22,23). The summed E-state index contributed by atoms with van der Waals surface area (Å²) in [6, 6.07) is 5.08. The van der Waals surface area contributed by atoms with E-state index in [2.05, 4.69) is 30.2 Å². The number of carbonyl (C=O) groups is 1. The van der Waals surface area contributed by atoms with Crippen molar-refractivity contribution in [3.8, 4) is 0 Å². The Kier molecular flexibility index (Phi) is 4.65. The summed E-state index contributed by atoms with van der Waals surface area (Å²) in [4.78, 5) is 30.4. The molecule has 1 fully saturated rings. The molecule has 0 atom stereocenters. The number of rotatable bonds is 3. The number of hydrogen-bond acceptors (Lipinski definition) is 5. The second-order valence-electron chi connectivity index (χ2n) is 6.18. The smallest absolute Gasteiger partial charge is 0.227 e. The topological polar surface area (TPSA) is 86.8 Å². The Balaban J connectivity index is 1.40. The van der Waals surface area contributed by atoms with Crippen molar-refractivity contribution < 1.29 is 4.79 Å². The molecule has 4 rings (SSSR count). The maximum absolute atomic E-state index is 12.5. The first-order valence-electron chi connectivity index (χ1n) is 8.27. The van der Waals surface area contributed by atoms with Crippen LogP contribution in [0.15, 0.2) is 30.9 Å². The molecular formula is C17H16Cl2N6O. The summed E-state index contributed by atoms with van der Waals surface area (Å²) in [7, 11) is 0. The molecule has 0 radical (unpaired) electrons. The van der Waals surface area contributed by atoms with Crippen LogP contribution in [0.3, 0.4) is 0 Å². The summed E-state index contributed by atoms with van der Waals surface area (Å²) < 4.78 is 0. The zero-order valence-corrected chi connectivity index (χ0v) is 15.3. The number of imidazole rings is 1. The Morgan fingerprint density at radius 1 is 1.15 bits per heavy atom. The number of aromatic amines is 1. The number of fused-ring (bicyclic) bond motifs is 1. The molecule has 3 heterocycles. The number of H-pyrrole nitrogens is 1. The summed E-state index contributed by atoms with van der Waals surface area (Å²) in [6.07, 6.45) is 4.61. The van der Waals surface area contributed by atoms with E-state index in [1.165, 1.54) is 6.33 Å². The van der Waals surface area contributed by atoms with E-state index in [1.54, 1.807) is 24.5 Å². The van der Waals surface area contributed by atoms with Crippen LogP contribution in [0.5, 0.6) is 0 Å². The number of halogens is 2. The number of nitrogens with one attached hydrogen (secondary N) is 2. The van der Waals surface area contributed by atoms with Crippen LogP contribution >= 0.6 is 23.2 Å². The Morgan fingerprint density at radius 3 is 2.73 bits per heavy atom. The van der Waals surface area contributed by atoms with Crippen molar-refractivity contribution in [1.82, 2.24) is 19.9 Å². The third kappa shape index (κ3) is 3.32. The van der Waals surface area contributed by atoms with Crippen molar-refractivity contribution in [2.75, 3.05) is 23.3 Å². The van der Waals surface area contributed by atoms with Gasteiger partial charge in [-0.15, -0.1) is 0 Å². The minimum atomic E-state index is -0.0557. The number of aromatic nitrogens is 4. The van der Waals surface area contributed by atoms with Crippen LogP contribution in [0.25, 0.3) is 11.2 Å². The van der Waals surface area contributed by atoms with Crippen LogP contribution in [0, 0.1) is 5.92 Å². The number of amides is 1. The highest BCUT2D eigenvalue weighted by molar-refractivity contribution is 6.42. The fourth-order valence-electron chi connectivity index (χ4n) is 3.16. The summed E-state index contributed by atoms with van der Waals surface area (Å²) in [5.74, 6) is 0.771. The average molecular weight is 391 g/mol. The number of hydrogen-bond donors (Lipinski definition) is 2. The van der Waals surface area contributed by atoms with Gasteiger partial charge < -0.3 is 15.2 Å². The lowest BCUT2D eigenvalue weighted by atomic mass is 9.95. The highest BCUT2D eigenvalue weighted by Gasteiger charge is 2.27. The van der Waals surface area contributed by atoms with Gasteiger partial charge in [0.1, 0.15) is 11.8 Å². The van der Waals surface area contributed by atoms with Crippen LogP contribution in [0.1, 0.15) is 12.8 Å². The van der Waals surface area contributed by atoms with E-state index in [0.717, 1.165) is 37.3 Å². The fraction of sp³-hybridized carbons (Fsp3) is 0.294. The van der Waals surface area contributed by atoms with Gasteiger partial charge in [0.15, 0.2) is 11.5 Å². The Morgan fingerprint density at radius 2 is 1.96 bits per heavy atom. The molecule has 2 N–H and O–H groups in total. The van der Waals surface area contributed by atoms with Crippen molar-refractivity contribution in [1.29, 1.82) is 0 Å². The summed E-state index contributed by atoms with van der Waals surface area (Å²) in [6.45, 7) is 1.48. The fourth-order valence-corrected chi connectivity index (χ4v) is 3.46. The molecule has 1 aromatic carbocycles. The molecule has 0 saturated carbocycles. The Bertz CT molecular complexity index is 951. The first-order valence-corrected chi connectivity index (χ1v) is 9.02. The Labute approximate surface area is 159 Å². The number of nitrogens with zero attached hydrogens (tertiary/aromatic N) is 4. The maximum Gasteiger partial charge on any atom is 0.227 e. The summed E-state index contributed by atoms with van der Waals surface area (Å²) in [5.41, 5.74) is 2.13. The maximum atomic E-state index is 12.5. The lowest BCUT2D eigenvalue weighted by Gasteiger charge is -2.32. The summed E-state index contributed by atoms with van der Waals surface area (Å²) in [5, 5.41) is 3.81. The SMILES string of the molecule is O=C(Nc1ccc(Cl)c(Cl)c1)C1CCN(c2ncnc3nc[nH]c23)CC1. The molecule has 26 heavy (non-hydrogen) atoms. The van der Waals surface area contributed by atoms with Gasteiger partial charge in [0, 0.05) is 24.7 Å². The van der Waals surface area contributed by atoms with Gasteiger partial charge in [-0.3, -0.25) is 4.79 Å². The first kappa shape index (κ1) is 17.1.